The van der Waals surface area contributed by atoms with Gasteiger partial charge in [-0.15, -0.1) is 11.8 Å². The Balaban J connectivity index is 1.53. The summed E-state index contributed by atoms with van der Waals surface area (Å²) in [6.07, 6.45) is 2.18. The number of hydrogen-bond donors (Lipinski definition) is 2. The standard InChI is InChI=1S/C16H21N3O2S/c20-15(18-8-6-12-5-7-17-9-12)10-19-13-3-1-2-4-14(13)22-11-16(19)21/h1-4,12,17H,5-11H2,(H,18,20). The smallest absolute Gasteiger partial charge is 0.240 e. The Labute approximate surface area is 134 Å². The highest BCUT2D eigenvalue weighted by atomic mass is 32.2. The van der Waals surface area contributed by atoms with Gasteiger partial charge in [-0.2, -0.15) is 0 Å². The van der Waals surface area contributed by atoms with Crippen LogP contribution in [0.5, 0.6) is 0 Å². The molecule has 1 aromatic carbocycles. The number of amides is 2. The molecule has 1 fully saturated rings. The molecular formula is C16H21N3O2S. The maximum atomic E-state index is 12.1. The number of thioether (sulfide) groups is 1. The van der Waals surface area contributed by atoms with Crippen molar-refractivity contribution in [2.24, 2.45) is 5.92 Å². The van der Waals surface area contributed by atoms with Gasteiger partial charge in [0.2, 0.25) is 11.8 Å². The molecule has 0 aromatic heterocycles. The molecule has 1 unspecified atom stereocenters. The SMILES string of the molecule is O=C(CN1C(=O)CSc2ccccc21)NCCC1CCNC1. The number of para-hydroxylation sites is 1. The highest BCUT2D eigenvalue weighted by Gasteiger charge is 2.26. The zero-order valence-corrected chi connectivity index (χ0v) is 13.3. The van der Waals surface area contributed by atoms with Crippen molar-refractivity contribution < 1.29 is 9.59 Å². The van der Waals surface area contributed by atoms with E-state index in [1.165, 1.54) is 18.2 Å². The van der Waals surface area contributed by atoms with Gasteiger partial charge in [-0.05, 0) is 44.0 Å². The molecule has 6 heteroatoms. The fourth-order valence-corrected chi connectivity index (χ4v) is 3.84. The minimum absolute atomic E-state index is 0.00107. The van der Waals surface area contributed by atoms with Crippen molar-refractivity contribution in [1.82, 2.24) is 10.6 Å². The molecular weight excluding hydrogens is 298 g/mol. The third-order valence-electron chi connectivity index (χ3n) is 4.15. The zero-order valence-electron chi connectivity index (χ0n) is 12.5. The predicted molar refractivity (Wildman–Crippen MR) is 88.1 cm³/mol. The van der Waals surface area contributed by atoms with Crippen molar-refractivity contribution in [2.45, 2.75) is 17.7 Å². The van der Waals surface area contributed by atoms with Crippen molar-refractivity contribution in [2.75, 3.05) is 36.8 Å². The molecule has 1 aromatic rings. The van der Waals surface area contributed by atoms with Crippen LogP contribution in [0.1, 0.15) is 12.8 Å². The van der Waals surface area contributed by atoms with Gasteiger partial charge in [0.25, 0.3) is 0 Å². The van der Waals surface area contributed by atoms with E-state index >= 15 is 0 Å². The van der Waals surface area contributed by atoms with Gasteiger partial charge < -0.3 is 15.5 Å². The second kappa shape index (κ2) is 7.15. The summed E-state index contributed by atoms with van der Waals surface area (Å²) in [5, 5.41) is 6.27. The number of rotatable bonds is 5. The molecule has 2 aliphatic heterocycles. The van der Waals surface area contributed by atoms with Gasteiger partial charge in [0.15, 0.2) is 0 Å². The lowest BCUT2D eigenvalue weighted by Crippen LogP contribution is -2.43. The van der Waals surface area contributed by atoms with Crippen molar-refractivity contribution in [1.29, 1.82) is 0 Å². The summed E-state index contributed by atoms with van der Waals surface area (Å²) in [6.45, 7) is 2.92. The van der Waals surface area contributed by atoms with Crippen molar-refractivity contribution in [3.63, 3.8) is 0 Å². The summed E-state index contributed by atoms with van der Waals surface area (Å²) in [5.74, 6) is 0.979. The first-order valence-corrected chi connectivity index (χ1v) is 8.72. The Hall–Kier alpha value is -1.53. The third-order valence-corrected chi connectivity index (χ3v) is 5.19. The summed E-state index contributed by atoms with van der Waals surface area (Å²) in [6, 6.07) is 7.74. The largest absolute Gasteiger partial charge is 0.355 e. The first-order chi connectivity index (χ1) is 10.7. The lowest BCUT2D eigenvalue weighted by atomic mass is 10.1. The van der Waals surface area contributed by atoms with Crippen LogP contribution < -0.4 is 15.5 Å². The summed E-state index contributed by atoms with van der Waals surface area (Å²) < 4.78 is 0. The monoisotopic (exact) mass is 319 g/mol. The Morgan fingerprint density at radius 2 is 2.27 bits per heavy atom. The van der Waals surface area contributed by atoms with Crippen LogP contribution in [0.4, 0.5) is 5.69 Å². The summed E-state index contributed by atoms with van der Waals surface area (Å²) in [7, 11) is 0. The van der Waals surface area contributed by atoms with Gasteiger partial charge in [-0.1, -0.05) is 12.1 Å². The molecule has 3 rings (SSSR count). The number of benzene rings is 1. The first kappa shape index (κ1) is 15.4. The zero-order chi connectivity index (χ0) is 15.4. The maximum absolute atomic E-state index is 12.1. The molecule has 2 heterocycles. The van der Waals surface area contributed by atoms with Crippen LogP contribution >= 0.6 is 11.8 Å². The van der Waals surface area contributed by atoms with E-state index in [-0.39, 0.29) is 18.4 Å². The Morgan fingerprint density at radius 3 is 3.09 bits per heavy atom. The second-order valence-electron chi connectivity index (χ2n) is 5.73. The van der Waals surface area contributed by atoms with Crippen molar-refractivity contribution in [3.05, 3.63) is 24.3 Å². The van der Waals surface area contributed by atoms with E-state index < -0.39 is 0 Å². The van der Waals surface area contributed by atoms with E-state index in [1.807, 2.05) is 24.3 Å². The van der Waals surface area contributed by atoms with E-state index in [4.69, 9.17) is 0 Å². The lowest BCUT2D eigenvalue weighted by molar-refractivity contribution is -0.123. The van der Waals surface area contributed by atoms with Gasteiger partial charge in [-0.3, -0.25) is 9.59 Å². The number of carbonyl (C=O) groups excluding carboxylic acids is 2. The quantitative estimate of drug-likeness (QED) is 0.857. The molecule has 0 bridgehead atoms. The minimum atomic E-state index is -0.0824. The molecule has 1 atom stereocenters. The van der Waals surface area contributed by atoms with E-state index in [2.05, 4.69) is 10.6 Å². The Bertz CT molecular complexity index is 558. The van der Waals surface area contributed by atoms with Gasteiger partial charge in [0.05, 0.1) is 11.4 Å². The molecule has 1 saturated heterocycles. The Morgan fingerprint density at radius 1 is 1.41 bits per heavy atom. The van der Waals surface area contributed by atoms with Gasteiger partial charge in [-0.25, -0.2) is 0 Å². The van der Waals surface area contributed by atoms with Gasteiger partial charge >= 0.3 is 0 Å². The molecule has 22 heavy (non-hydrogen) atoms. The molecule has 2 N–H and O–H groups in total. The van der Waals surface area contributed by atoms with E-state index in [9.17, 15) is 9.59 Å². The number of nitrogens with one attached hydrogen (secondary N) is 2. The summed E-state index contributed by atoms with van der Waals surface area (Å²) in [4.78, 5) is 26.9. The van der Waals surface area contributed by atoms with Crippen molar-refractivity contribution in [3.8, 4) is 0 Å². The van der Waals surface area contributed by atoms with Crippen LogP contribution in [0.25, 0.3) is 0 Å². The van der Waals surface area contributed by atoms with Gasteiger partial charge in [0.1, 0.15) is 6.54 Å². The topological polar surface area (TPSA) is 61.4 Å². The fourth-order valence-electron chi connectivity index (χ4n) is 2.90. The second-order valence-corrected chi connectivity index (χ2v) is 6.75. The van der Waals surface area contributed by atoms with Crippen LogP contribution in [-0.2, 0) is 9.59 Å². The highest BCUT2D eigenvalue weighted by molar-refractivity contribution is 8.00. The molecule has 2 aliphatic rings. The molecule has 0 aliphatic carbocycles. The van der Waals surface area contributed by atoms with Crippen LogP contribution in [-0.4, -0.2) is 43.7 Å². The van der Waals surface area contributed by atoms with Crippen LogP contribution in [0.2, 0.25) is 0 Å². The Kier molecular flexibility index (Phi) is 5.00. The number of nitrogens with zero attached hydrogens (tertiary/aromatic N) is 1. The van der Waals surface area contributed by atoms with E-state index in [1.54, 1.807) is 4.90 Å². The van der Waals surface area contributed by atoms with E-state index in [0.29, 0.717) is 18.2 Å². The fraction of sp³-hybridized carbons (Fsp3) is 0.500. The van der Waals surface area contributed by atoms with Crippen LogP contribution in [0, 0.1) is 5.92 Å². The normalized spacial score (nSPS) is 20.8. The van der Waals surface area contributed by atoms with Gasteiger partial charge in [0, 0.05) is 11.4 Å². The summed E-state index contributed by atoms with van der Waals surface area (Å²) in [5.41, 5.74) is 0.846. The average molecular weight is 319 g/mol. The number of anilines is 1. The number of carbonyl (C=O) groups is 2. The third kappa shape index (κ3) is 3.62. The van der Waals surface area contributed by atoms with Crippen LogP contribution in [0.3, 0.4) is 0 Å². The molecule has 2 amide bonds. The number of hydrogen-bond acceptors (Lipinski definition) is 4. The predicted octanol–water partition coefficient (Wildman–Crippen LogP) is 1.24. The molecule has 0 saturated carbocycles. The van der Waals surface area contributed by atoms with E-state index in [0.717, 1.165) is 30.1 Å². The number of fused-ring (bicyclic) bond motifs is 1. The average Bonchev–Trinajstić information content (AvgIpc) is 3.03. The molecule has 0 radical (unpaired) electrons. The minimum Gasteiger partial charge on any atom is -0.355 e. The molecule has 0 spiro atoms. The maximum Gasteiger partial charge on any atom is 0.240 e. The molecule has 5 nitrogen and oxygen atoms in total. The summed E-state index contributed by atoms with van der Waals surface area (Å²) >= 11 is 1.53. The lowest BCUT2D eigenvalue weighted by Gasteiger charge is -2.28. The first-order valence-electron chi connectivity index (χ1n) is 7.73. The van der Waals surface area contributed by atoms with Crippen LogP contribution in [0.15, 0.2) is 29.2 Å². The highest BCUT2D eigenvalue weighted by Crippen LogP contribution is 2.34. The van der Waals surface area contributed by atoms with Crippen molar-refractivity contribution >= 4 is 29.3 Å². The molecule has 118 valence electrons.